The molecule has 2 bridgehead atoms. The van der Waals surface area contributed by atoms with Gasteiger partial charge in [0.05, 0.1) is 32.9 Å². The standard InChI is InChI=1S/C53H63N5O9S/c1-8-49(55-42(60)16-15-33-18-24-68-30-33)27-34-28-52(47(61)65-6,43-36(17-22-57(29-34)31-49)35-13-10-11-14-39(35)54-43)38-25-37-40(26-41(38)64-5)56(4)45-51(37)20-23-58-21-12-19-50(9-2,44(51)58)46(67-32(3)59)53(45,63)48(62)66-7/h10-16,18-19,24-26,30,34,44-46,54,63H,8-9,17,20-23,27-29,31H2,1-7H3,(H,55,60)/b16-15+/t34-,44+,45-,46-,49+,50-,51-,52+,53+/m1/s1. The minimum atomic E-state index is -2.33. The second-order valence-electron chi connectivity index (χ2n) is 20.1. The van der Waals surface area contributed by atoms with E-state index in [0.29, 0.717) is 82.6 Å². The molecule has 7 heterocycles. The highest BCUT2D eigenvalue weighted by Crippen LogP contribution is 2.68. The number of aliphatic hydroxyl groups is 1. The number of carbonyl (C=O) groups excluding carboxylic acids is 4. The number of esters is 3. The summed E-state index contributed by atoms with van der Waals surface area (Å²) in [5, 5.41) is 21.9. The van der Waals surface area contributed by atoms with Crippen LogP contribution in [0.5, 0.6) is 5.75 Å². The van der Waals surface area contributed by atoms with E-state index in [0.717, 1.165) is 39.0 Å². The average Bonchev–Trinajstić information content (AvgIpc) is 4.15. The highest BCUT2D eigenvalue weighted by molar-refractivity contribution is 7.08. The number of hydrogen-bond acceptors (Lipinski definition) is 13. The number of fused-ring (bicyclic) bond motifs is 6. The second-order valence-corrected chi connectivity index (χ2v) is 20.9. The number of rotatable bonds is 10. The summed E-state index contributed by atoms with van der Waals surface area (Å²) in [6, 6.07) is 12.9. The van der Waals surface area contributed by atoms with Gasteiger partial charge >= 0.3 is 17.9 Å². The quantitative estimate of drug-likeness (QED) is 0.0750. The van der Waals surface area contributed by atoms with Crippen molar-refractivity contribution in [2.45, 2.75) is 99.5 Å². The van der Waals surface area contributed by atoms with Crippen LogP contribution in [-0.2, 0) is 50.6 Å². The van der Waals surface area contributed by atoms with Crippen molar-refractivity contribution in [3.8, 4) is 5.75 Å². The van der Waals surface area contributed by atoms with E-state index in [2.05, 4.69) is 51.3 Å². The summed E-state index contributed by atoms with van der Waals surface area (Å²) in [5.74, 6) is -1.78. The number of hydrogen-bond donors (Lipinski definition) is 3. The first kappa shape index (κ1) is 46.3. The van der Waals surface area contributed by atoms with E-state index in [9.17, 15) is 19.5 Å². The van der Waals surface area contributed by atoms with Crippen LogP contribution in [0.25, 0.3) is 17.0 Å². The Morgan fingerprint density at radius 1 is 0.985 bits per heavy atom. The fraction of sp³-hybridized carbons (Fsp3) is 0.509. The topological polar surface area (TPSA) is 163 Å². The van der Waals surface area contributed by atoms with Gasteiger partial charge in [0.15, 0.2) is 6.10 Å². The van der Waals surface area contributed by atoms with Crippen LogP contribution in [0.3, 0.4) is 0 Å². The fourth-order valence-corrected chi connectivity index (χ4v) is 15.2. The van der Waals surface area contributed by atoms with Gasteiger partial charge in [0.25, 0.3) is 0 Å². The molecule has 10 rings (SSSR count). The van der Waals surface area contributed by atoms with Crippen LogP contribution in [-0.4, -0.2) is 134 Å². The molecule has 2 saturated heterocycles. The van der Waals surface area contributed by atoms with Gasteiger partial charge in [-0.2, -0.15) is 11.3 Å². The first-order chi connectivity index (χ1) is 32.7. The molecule has 0 radical (unpaired) electrons. The van der Waals surface area contributed by atoms with Gasteiger partial charge in [-0.3, -0.25) is 19.3 Å². The van der Waals surface area contributed by atoms with Crippen molar-refractivity contribution in [3.63, 3.8) is 0 Å². The number of H-pyrrole nitrogens is 1. The average molecular weight is 946 g/mol. The molecule has 68 heavy (non-hydrogen) atoms. The summed E-state index contributed by atoms with van der Waals surface area (Å²) in [6.45, 7) is 8.76. The van der Waals surface area contributed by atoms with Crippen molar-refractivity contribution >= 4 is 57.8 Å². The van der Waals surface area contributed by atoms with E-state index < -0.39 is 57.4 Å². The lowest BCUT2D eigenvalue weighted by atomic mass is 9.47. The van der Waals surface area contributed by atoms with Crippen LogP contribution in [0.4, 0.5) is 5.69 Å². The minimum Gasteiger partial charge on any atom is -0.496 e. The van der Waals surface area contributed by atoms with E-state index in [4.69, 9.17) is 18.9 Å². The summed E-state index contributed by atoms with van der Waals surface area (Å²) < 4.78 is 24.2. The number of nitrogens with one attached hydrogen (secondary N) is 2. The molecule has 2 aromatic heterocycles. The third-order valence-electron chi connectivity index (χ3n) is 17.0. The Hall–Kier alpha value is -5.48. The van der Waals surface area contributed by atoms with Gasteiger partial charge in [0.2, 0.25) is 11.5 Å². The molecule has 1 saturated carbocycles. The first-order valence-corrected chi connectivity index (χ1v) is 24.9. The number of anilines is 1. The van der Waals surface area contributed by atoms with Gasteiger partial charge in [0, 0.05) is 97.0 Å². The summed E-state index contributed by atoms with van der Waals surface area (Å²) in [5.41, 5.74) is -0.517. The molecular formula is C53H63N5O9S. The number of ether oxygens (including phenoxy) is 4. The van der Waals surface area contributed by atoms with Crippen molar-refractivity contribution in [3.05, 3.63) is 99.4 Å². The Morgan fingerprint density at radius 3 is 2.49 bits per heavy atom. The Morgan fingerprint density at radius 2 is 1.78 bits per heavy atom. The fourth-order valence-electron chi connectivity index (χ4n) is 14.6. The van der Waals surface area contributed by atoms with Gasteiger partial charge in [-0.15, -0.1) is 0 Å². The van der Waals surface area contributed by atoms with Crippen molar-refractivity contribution in [1.29, 1.82) is 0 Å². The van der Waals surface area contributed by atoms with Crippen molar-refractivity contribution in [2.24, 2.45) is 11.3 Å². The number of thiophene rings is 1. The molecule has 1 amide bonds. The number of amides is 1. The third-order valence-corrected chi connectivity index (χ3v) is 17.7. The Balaban J connectivity index is 1.20. The summed E-state index contributed by atoms with van der Waals surface area (Å²) in [6.07, 6.45) is 9.50. The third kappa shape index (κ3) is 6.51. The van der Waals surface area contributed by atoms with Crippen LogP contribution < -0.4 is 15.0 Å². The number of nitrogens with zero attached hydrogens (tertiary/aromatic N) is 3. The van der Waals surface area contributed by atoms with Gasteiger partial charge in [0.1, 0.15) is 11.2 Å². The molecule has 6 aliphatic rings. The number of likely N-dealkylation sites (N-methyl/N-ethyl adjacent to an activating group) is 1. The van der Waals surface area contributed by atoms with E-state index in [1.54, 1.807) is 24.5 Å². The molecular weight excluding hydrogens is 883 g/mol. The summed E-state index contributed by atoms with van der Waals surface area (Å²) >= 11 is 1.58. The van der Waals surface area contributed by atoms with Crippen LogP contribution in [0, 0.1) is 11.3 Å². The normalized spacial score (nSPS) is 33.6. The lowest BCUT2D eigenvalue weighted by Gasteiger charge is -2.63. The molecule has 2 aromatic carbocycles. The maximum atomic E-state index is 15.7. The van der Waals surface area contributed by atoms with Crippen LogP contribution in [0.2, 0.25) is 0 Å². The number of aromatic nitrogens is 1. The molecule has 14 nitrogen and oxygen atoms in total. The zero-order valence-corrected chi connectivity index (χ0v) is 40.9. The smallest absolute Gasteiger partial charge is 0.344 e. The lowest BCUT2D eigenvalue weighted by molar-refractivity contribution is -0.228. The predicted octanol–water partition coefficient (Wildman–Crippen LogP) is 5.89. The molecule has 4 aromatic rings. The second kappa shape index (κ2) is 16.9. The molecule has 360 valence electrons. The van der Waals surface area contributed by atoms with E-state index >= 15 is 4.79 Å². The highest BCUT2D eigenvalue weighted by atomic mass is 32.1. The Kier molecular flexibility index (Phi) is 11.5. The molecule has 3 fully saturated rings. The molecule has 3 N–H and O–H groups in total. The molecule has 15 heteroatoms. The van der Waals surface area contributed by atoms with Gasteiger partial charge < -0.3 is 44.2 Å². The van der Waals surface area contributed by atoms with Gasteiger partial charge in [-0.1, -0.05) is 44.2 Å². The van der Waals surface area contributed by atoms with Crippen molar-refractivity contribution < 1.29 is 43.2 Å². The predicted molar refractivity (Wildman–Crippen MR) is 260 cm³/mol. The molecule has 1 aliphatic carbocycles. The minimum absolute atomic E-state index is 0.116. The Labute approximate surface area is 401 Å². The zero-order chi connectivity index (χ0) is 48.0. The van der Waals surface area contributed by atoms with Gasteiger partial charge in [-0.25, -0.2) is 4.79 Å². The number of piperidine rings is 1. The SMILES string of the molecule is CC[C@]1(NC(=O)/C=C/c2ccsc2)C[C@H]2CN(CCc3c([nH]c4ccccc34)[C@@](C(=O)OC)(c3cc4c(cc3OC)N(C)[C@H]3[C@@](O)(C(=O)OC)[C@H](OC(C)=O)[C@]5(CC)C=CCN6CC[C@]43[C@@H]65)C2)C1. The number of benzene rings is 2. The number of aromatic amines is 1. The van der Waals surface area contributed by atoms with Gasteiger partial charge in [-0.05, 0) is 103 Å². The monoisotopic (exact) mass is 945 g/mol. The van der Waals surface area contributed by atoms with Crippen LogP contribution >= 0.6 is 11.3 Å². The number of methoxy groups -OCH3 is 3. The maximum absolute atomic E-state index is 15.7. The Bertz CT molecular complexity index is 2730. The van der Waals surface area contributed by atoms with E-state index in [1.807, 2.05) is 66.0 Å². The van der Waals surface area contributed by atoms with E-state index in [-0.39, 0.29) is 17.9 Å². The largest absolute Gasteiger partial charge is 0.496 e. The summed E-state index contributed by atoms with van der Waals surface area (Å²) in [7, 11) is 6.17. The van der Waals surface area contributed by atoms with Crippen LogP contribution in [0.1, 0.15) is 80.8 Å². The summed E-state index contributed by atoms with van der Waals surface area (Å²) in [4.78, 5) is 67.8. The molecule has 1 spiro atoms. The first-order valence-electron chi connectivity index (χ1n) is 24.0. The maximum Gasteiger partial charge on any atom is 0.344 e. The molecule has 1 unspecified atom stereocenters. The number of carbonyl (C=O) groups is 4. The highest BCUT2D eigenvalue weighted by Gasteiger charge is 2.80. The van der Waals surface area contributed by atoms with Crippen LogP contribution in [0.15, 0.2) is 71.5 Å². The number of para-hydroxylation sites is 1. The lowest BCUT2D eigenvalue weighted by Crippen LogP contribution is -2.81. The zero-order valence-electron chi connectivity index (χ0n) is 40.1. The van der Waals surface area contributed by atoms with Crippen molar-refractivity contribution in [1.82, 2.24) is 20.1 Å². The van der Waals surface area contributed by atoms with E-state index in [1.165, 1.54) is 21.1 Å². The van der Waals surface area contributed by atoms with Crippen molar-refractivity contribution in [2.75, 3.05) is 66.0 Å². The molecule has 5 aliphatic heterocycles. The molecule has 10 atom stereocenters.